The zero-order valence-electron chi connectivity index (χ0n) is 11.3. The van der Waals surface area contributed by atoms with Crippen LogP contribution in [0.2, 0.25) is 0 Å². The molecule has 1 nitrogen and oxygen atoms in total. The van der Waals surface area contributed by atoms with Gasteiger partial charge in [-0.3, -0.25) is 4.98 Å². The average molecular weight is 229 g/mol. The summed E-state index contributed by atoms with van der Waals surface area (Å²) in [7, 11) is 0. The molecule has 1 aliphatic carbocycles. The van der Waals surface area contributed by atoms with Gasteiger partial charge in [0.15, 0.2) is 0 Å². The van der Waals surface area contributed by atoms with Crippen LogP contribution in [0.1, 0.15) is 62.0 Å². The van der Waals surface area contributed by atoms with Crippen molar-refractivity contribution in [2.75, 3.05) is 0 Å². The maximum absolute atomic E-state index is 4.64. The summed E-state index contributed by atoms with van der Waals surface area (Å²) in [5, 5.41) is 0. The molecule has 2 rings (SSSR count). The molecule has 0 radical (unpaired) electrons. The van der Waals surface area contributed by atoms with E-state index < -0.39 is 0 Å². The quantitative estimate of drug-likeness (QED) is 0.720. The molecule has 0 spiro atoms. The largest absolute Gasteiger partial charge is 0.253 e. The predicted octanol–water partition coefficient (Wildman–Crippen LogP) is 4.83. The fourth-order valence-electron chi connectivity index (χ4n) is 1.92. The summed E-state index contributed by atoms with van der Waals surface area (Å²) < 4.78 is 0. The first-order valence-corrected chi connectivity index (χ1v) is 6.58. The number of aryl methyl sites for hydroxylation is 1. The number of nitrogens with zero attached hydrogens (tertiary/aromatic N) is 1. The molecule has 0 bridgehead atoms. The number of aromatic nitrogens is 1. The van der Waals surface area contributed by atoms with Crippen molar-refractivity contribution in [2.24, 2.45) is 0 Å². The monoisotopic (exact) mass is 229 g/mol. The molecule has 0 amide bonds. The summed E-state index contributed by atoms with van der Waals surface area (Å²) in [6, 6.07) is 2.24. The van der Waals surface area contributed by atoms with Crippen LogP contribution in [0.4, 0.5) is 0 Å². The Morgan fingerprint density at radius 3 is 2.35 bits per heavy atom. The molecule has 0 unspecified atom stereocenters. The second kappa shape index (κ2) is 6.39. The minimum absolute atomic E-state index is 0.702. The molecule has 17 heavy (non-hydrogen) atoms. The summed E-state index contributed by atoms with van der Waals surface area (Å²) >= 11 is 0. The maximum Gasteiger partial charge on any atom is 0.0702 e. The van der Waals surface area contributed by atoms with Gasteiger partial charge in [-0.25, -0.2) is 0 Å². The van der Waals surface area contributed by atoms with E-state index in [0.29, 0.717) is 5.92 Å². The van der Waals surface area contributed by atoms with Gasteiger partial charge in [0.2, 0.25) is 0 Å². The topological polar surface area (TPSA) is 12.9 Å². The molecule has 92 valence electrons. The van der Waals surface area contributed by atoms with Crippen LogP contribution in [-0.2, 0) is 6.42 Å². The Labute approximate surface area is 105 Å². The van der Waals surface area contributed by atoms with E-state index in [-0.39, 0.29) is 0 Å². The van der Waals surface area contributed by atoms with Crippen LogP contribution in [0.15, 0.2) is 19.2 Å². The van der Waals surface area contributed by atoms with E-state index in [1.807, 2.05) is 26.0 Å². The first-order chi connectivity index (χ1) is 8.30. The van der Waals surface area contributed by atoms with Gasteiger partial charge in [-0.1, -0.05) is 40.0 Å². The van der Waals surface area contributed by atoms with Crippen LogP contribution in [0.5, 0.6) is 0 Å². The number of rotatable bonds is 4. The Morgan fingerprint density at radius 1 is 1.29 bits per heavy atom. The van der Waals surface area contributed by atoms with Crippen LogP contribution in [-0.4, -0.2) is 4.98 Å². The Balaban J connectivity index is 0.000000686. The lowest BCUT2D eigenvalue weighted by atomic mass is 10.0. The highest BCUT2D eigenvalue weighted by molar-refractivity contribution is 5.64. The molecular formula is C16H23N. The number of pyridine rings is 1. The third-order valence-electron chi connectivity index (χ3n) is 2.97. The molecule has 0 aliphatic heterocycles. The first kappa shape index (κ1) is 13.7. The summed E-state index contributed by atoms with van der Waals surface area (Å²) in [5.41, 5.74) is 4.73. The van der Waals surface area contributed by atoms with Gasteiger partial charge in [-0.2, -0.15) is 0 Å². The average Bonchev–Trinajstić information content (AvgIpc) is 3.23. The molecule has 0 saturated heterocycles. The summed E-state index contributed by atoms with van der Waals surface area (Å²) in [5.74, 6) is 0.702. The van der Waals surface area contributed by atoms with E-state index in [4.69, 9.17) is 0 Å². The highest BCUT2D eigenvalue weighted by atomic mass is 14.7. The van der Waals surface area contributed by atoms with Crippen LogP contribution in [0.3, 0.4) is 0 Å². The van der Waals surface area contributed by atoms with E-state index in [2.05, 4.69) is 31.1 Å². The molecule has 0 atom stereocenters. The lowest BCUT2D eigenvalue weighted by Crippen LogP contribution is -1.98. The zero-order chi connectivity index (χ0) is 12.8. The van der Waals surface area contributed by atoms with E-state index in [0.717, 1.165) is 17.7 Å². The van der Waals surface area contributed by atoms with E-state index in [1.165, 1.54) is 24.1 Å². The summed E-state index contributed by atoms with van der Waals surface area (Å²) in [6.45, 7) is 13.8. The lowest BCUT2D eigenvalue weighted by Gasteiger charge is -2.10. The standard InChI is InChI=1S/C14H17N.C2H6/c1-4-10-9-14(11-7-8-11)15-13(6-3)12(10)5-2;1-2/h5-6,9,11H,2-4,7-8H2,1H3;1-2H3. The zero-order valence-corrected chi connectivity index (χ0v) is 11.3. The second-order valence-electron chi connectivity index (χ2n) is 4.04. The fraction of sp³-hybridized carbons (Fsp3) is 0.438. The smallest absolute Gasteiger partial charge is 0.0702 e. The van der Waals surface area contributed by atoms with Gasteiger partial charge >= 0.3 is 0 Å². The third kappa shape index (κ3) is 3.06. The van der Waals surface area contributed by atoms with Crippen LogP contribution >= 0.6 is 0 Å². The van der Waals surface area contributed by atoms with Crippen LogP contribution in [0.25, 0.3) is 12.2 Å². The Morgan fingerprint density at radius 2 is 1.94 bits per heavy atom. The van der Waals surface area contributed by atoms with Crippen molar-refractivity contribution in [1.82, 2.24) is 4.98 Å². The SMILES string of the molecule is C=Cc1nc(C2CC2)cc(CC)c1C=C.CC. The van der Waals surface area contributed by atoms with Gasteiger partial charge in [-0.05, 0) is 37.0 Å². The van der Waals surface area contributed by atoms with Crippen molar-refractivity contribution in [1.29, 1.82) is 0 Å². The Kier molecular flexibility index (Phi) is 5.14. The van der Waals surface area contributed by atoms with Crippen molar-refractivity contribution >= 4 is 12.2 Å². The Bertz CT molecular complexity index is 400. The minimum Gasteiger partial charge on any atom is -0.253 e. The van der Waals surface area contributed by atoms with E-state index >= 15 is 0 Å². The van der Waals surface area contributed by atoms with Crippen molar-refractivity contribution in [3.05, 3.63) is 41.7 Å². The summed E-state index contributed by atoms with van der Waals surface area (Å²) in [6.07, 6.45) is 7.34. The van der Waals surface area contributed by atoms with Crippen LogP contribution in [0, 0.1) is 0 Å². The van der Waals surface area contributed by atoms with Crippen molar-refractivity contribution in [3.63, 3.8) is 0 Å². The van der Waals surface area contributed by atoms with Gasteiger partial charge in [0.25, 0.3) is 0 Å². The molecule has 1 fully saturated rings. The molecular weight excluding hydrogens is 206 g/mol. The highest BCUT2D eigenvalue weighted by Gasteiger charge is 2.26. The second-order valence-corrected chi connectivity index (χ2v) is 4.04. The molecule has 1 aliphatic rings. The molecule has 0 aromatic carbocycles. The molecule has 1 heteroatoms. The van der Waals surface area contributed by atoms with Crippen molar-refractivity contribution < 1.29 is 0 Å². The highest BCUT2D eigenvalue weighted by Crippen LogP contribution is 2.40. The first-order valence-electron chi connectivity index (χ1n) is 6.58. The Hall–Kier alpha value is -1.37. The van der Waals surface area contributed by atoms with Crippen molar-refractivity contribution in [2.45, 2.75) is 46.0 Å². The summed E-state index contributed by atoms with van der Waals surface area (Å²) in [4.78, 5) is 4.64. The molecule has 1 heterocycles. The minimum atomic E-state index is 0.702. The predicted molar refractivity (Wildman–Crippen MR) is 77.1 cm³/mol. The molecule has 1 aromatic rings. The van der Waals surface area contributed by atoms with Gasteiger partial charge in [0.1, 0.15) is 0 Å². The molecule has 1 aromatic heterocycles. The number of hydrogen-bond donors (Lipinski definition) is 0. The molecule has 1 saturated carbocycles. The van der Waals surface area contributed by atoms with Gasteiger partial charge in [0, 0.05) is 17.2 Å². The fourth-order valence-corrected chi connectivity index (χ4v) is 1.92. The maximum atomic E-state index is 4.64. The van der Waals surface area contributed by atoms with Gasteiger partial charge < -0.3 is 0 Å². The van der Waals surface area contributed by atoms with E-state index in [9.17, 15) is 0 Å². The van der Waals surface area contributed by atoms with Gasteiger partial charge in [0.05, 0.1) is 5.69 Å². The van der Waals surface area contributed by atoms with Crippen molar-refractivity contribution in [3.8, 4) is 0 Å². The normalized spacial score (nSPS) is 13.6. The number of hydrogen-bond acceptors (Lipinski definition) is 1. The molecule has 0 N–H and O–H groups in total. The van der Waals surface area contributed by atoms with Crippen LogP contribution < -0.4 is 0 Å². The third-order valence-corrected chi connectivity index (χ3v) is 2.97. The lowest BCUT2D eigenvalue weighted by molar-refractivity contribution is 0.984. The van der Waals surface area contributed by atoms with E-state index in [1.54, 1.807) is 0 Å². The van der Waals surface area contributed by atoms with Gasteiger partial charge in [-0.15, -0.1) is 0 Å².